The van der Waals surface area contributed by atoms with Crippen LogP contribution in [0.1, 0.15) is 32.6 Å². The summed E-state index contributed by atoms with van der Waals surface area (Å²) in [5, 5.41) is 13.4. The number of rotatable bonds is 11. The highest BCUT2D eigenvalue weighted by Gasteiger charge is 2.26. The number of amides is 3. The van der Waals surface area contributed by atoms with Gasteiger partial charge in [0.2, 0.25) is 17.7 Å². The van der Waals surface area contributed by atoms with Crippen molar-refractivity contribution < 1.29 is 24.3 Å². The van der Waals surface area contributed by atoms with Crippen LogP contribution in [0.5, 0.6) is 0 Å². The minimum Gasteiger partial charge on any atom is -0.480 e. The molecule has 0 radical (unpaired) electrons. The quantitative estimate of drug-likeness (QED) is 0.223. The van der Waals surface area contributed by atoms with Crippen molar-refractivity contribution >= 4 is 23.7 Å². The third-order valence-corrected chi connectivity index (χ3v) is 3.08. The van der Waals surface area contributed by atoms with Gasteiger partial charge in [0.25, 0.3) is 0 Å². The Morgan fingerprint density at radius 3 is 2.17 bits per heavy atom. The van der Waals surface area contributed by atoms with Crippen molar-refractivity contribution in [2.75, 3.05) is 6.54 Å². The highest BCUT2D eigenvalue weighted by molar-refractivity contribution is 5.92. The van der Waals surface area contributed by atoms with Crippen LogP contribution in [-0.4, -0.2) is 53.5 Å². The van der Waals surface area contributed by atoms with Gasteiger partial charge < -0.3 is 32.9 Å². The largest absolute Gasteiger partial charge is 0.480 e. The van der Waals surface area contributed by atoms with Crippen LogP contribution in [0.2, 0.25) is 0 Å². The lowest BCUT2D eigenvalue weighted by Crippen LogP contribution is -2.53. The zero-order chi connectivity index (χ0) is 18.0. The molecule has 0 aliphatic carbocycles. The summed E-state index contributed by atoms with van der Waals surface area (Å²) in [5.41, 5.74) is 15.9. The maximum Gasteiger partial charge on any atom is 0.326 e. The Hall–Kier alpha value is -2.20. The Bertz CT molecular complexity index is 442. The summed E-state index contributed by atoms with van der Waals surface area (Å²) >= 11 is 0. The van der Waals surface area contributed by atoms with Crippen molar-refractivity contribution in [2.45, 2.75) is 50.7 Å². The van der Waals surface area contributed by atoms with Gasteiger partial charge in [-0.2, -0.15) is 0 Å². The van der Waals surface area contributed by atoms with Gasteiger partial charge in [0.15, 0.2) is 0 Å². The number of carbonyl (C=O) groups is 4. The second-order valence-corrected chi connectivity index (χ2v) is 5.19. The standard InChI is InChI=1S/C13H25N5O5/c1-7(17-12(21)8(15)4-2-3-5-14)11(20)18-9(13(22)23)6-10(16)19/h7-9H,2-6,14-15H2,1H3,(H2,16,19)(H,17,21)(H,18,20)(H,22,23)/t7-,8-,9-/m0/s1. The van der Waals surface area contributed by atoms with Crippen molar-refractivity contribution in [3.05, 3.63) is 0 Å². The zero-order valence-electron chi connectivity index (χ0n) is 13.1. The van der Waals surface area contributed by atoms with Gasteiger partial charge in [-0.1, -0.05) is 6.42 Å². The molecular formula is C13H25N5O5. The summed E-state index contributed by atoms with van der Waals surface area (Å²) in [6.07, 6.45) is 1.31. The molecule has 3 amide bonds. The van der Waals surface area contributed by atoms with Crippen LogP contribution >= 0.6 is 0 Å². The molecule has 0 spiro atoms. The summed E-state index contributed by atoms with van der Waals surface area (Å²) in [5.74, 6) is -3.53. The van der Waals surface area contributed by atoms with Crippen LogP contribution < -0.4 is 27.8 Å². The summed E-state index contributed by atoms with van der Waals surface area (Å²) in [7, 11) is 0. The zero-order valence-corrected chi connectivity index (χ0v) is 13.1. The van der Waals surface area contributed by atoms with Crippen LogP contribution in [0.15, 0.2) is 0 Å². The number of nitrogens with one attached hydrogen (secondary N) is 2. The third-order valence-electron chi connectivity index (χ3n) is 3.08. The number of nitrogens with two attached hydrogens (primary N) is 3. The smallest absolute Gasteiger partial charge is 0.326 e. The maximum absolute atomic E-state index is 11.9. The summed E-state index contributed by atoms with van der Waals surface area (Å²) in [6, 6.07) is -3.23. The number of carboxylic acids is 1. The molecular weight excluding hydrogens is 306 g/mol. The monoisotopic (exact) mass is 331 g/mol. The maximum atomic E-state index is 11.9. The van der Waals surface area contributed by atoms with Gasteiger partial charge in [0.05, 0.1) is 12.5 Å². The van der Waals surface area contributed by atoms with Crippen molar-refractivity contribution in [1.82, 2.24) is 10.6 Å². The van der Waals surface area contributed by atoms with Crippen LogP contribution in [-0.2, 0) is 19.2 Å². The molecule has 0 rings (SSSR count). The molecule has 0 aromatic heterocycles. The van der Waals surface area contributed by atoms with Crippen LogP contribution in [0, 0.1) is 0 Å². The first-order valence-electron chi connectivity index (χ1n) is 7.26. The molecule has 0 bridgehead atoms. The molecule has 0 aliphatic heterocycles. The molecule has 0 aromatic carbocycles. The van der Waals surface area contributed by atoms with Gasteiger partial charge in [0, 0.05) is 0 Å². The second kappa shape index (κ2) is 10.5. The van der Waals surface area contributed by atoms with E-state index in [2.05, 4.69) is 10.6 Å². The number of unbranched alkanes of at least 4 members (excludes halogenated alkanes) is 1. The predicted octanol–water partition coefficient (Wildman–Crippen LogP) is -2.61. The van der Waals surface area contributed by atoms with E-state index in [4.69, 9.17) is 22.3 Å². The fourth-order valence-corrected chi connectivity index (χ4v) is 1.72. The van der Waals surface area contributed by atoms with E-state index >= 15 is 0 Å². The lowest BCUT2D eigenvalue weighted by atomic mass is 10.1. The molecule has 23 heavy (non-hydrogen) atoms. The van der Waals surface area contributed by atoms with Gasteiger partial charge in [-0.3, -0.25) is 14.4 Å². The molecule has 0 aromatic rings. The normalized spacial score (nSPS) is 14.4. The number of primary amides is 1. The fourth-order valence-electron chi connectivity index (χ4n) is 1.72. The molecule has 0 saturated carbocycles. The van der Waals surface area contributed by atoms with Crippen molar-refractivity contribution in [2.24, 2.45) is 17.2 Å². The van der Waals surface area contributed by atoms with E-state index in [0.717, 1.165) is 6.42 Å². The minimum absolute atomic E-state index is 0.427. The van der Waals surface area contributed by atoms with Crippen molar-refractivity contribution in [3.8, 4) is 0 Å². The lowest BCUT2D eigenvalue weighted by Gasteiger charge is -2.19. The Balaban J connectivity index is 4.44. The van der Waals surface area contributed by atoms with E-state index in [1.165, 1.54) is 6.92 Å². The molecule has 3 atom stereocenters. The first-order chi connectivity index (χ1) is 10.7. The molecule has 9 N–H and O–H groups in total. The fraction of sp³-hybridized carbons (Fsp3) is 0.692. The number of aliphatic carboxylic acids is 1. The number of carbonyl (C=O) groups excluding carboxylic acids is 3. The molecule has 0 unspecified atom stereocenters. The van der Waals surface area contributed by atoms with Gasteiger partial charge in [-0.05, 0) is 26.3 Å². The van der Waals surface area contributed by atoms with Crippen molar-refractivity contribution in [3.63, 3.8) is 0 Å². The molecule has 10 nitrogen and oxygen atoms in total. The Kier molecular flexibility index (Phi) is 9.51. The summed E-state index contributed by atoms with van der Waals surface area (Å²) in [4.78, 5) is 45.4. The highest BCUT2D eigenvalue weighted by Crippen LogP contribution is 1.99. The van der Waals surface area contributed by atoms with Crippen LogP contribution in [0.3, 0.4) is 0 Å². The van der Waals surface area contributed by atoms with Gasteiger partial charge in [0.1, 0.15) is 12.1 Å². The van der Waals surface area contributed by atoms with E-state index < -0.39 is 48.2 Å². The molecule has 0 saturated heterocycles. The molecule has 0 aliphatic rings. The number of hydrogen-bond acceptors (Lipinski definition) is 6. The highest BCUT2D eigenvalue weighted by atomic mass is 16.4. The minimum atomic E-state index is -1.45. The predicted molar refractivity (Wildman–Crippen MR) is 81.9 cm³/mol. The second-order valence-electron chi connectivity index (χ2n) is 5.19. The average molecular weight is 331 g/mol. The Morgan fingerprint density at radius 2 is 1.70 bits per heavy atom. The average Bonchev–Trinajstić information content (AvgIpc) is 2.45. The summed E-state index contributed by atoms with van der Waals surface area (Å²) in [6.45, 7) is 1.88. The van der Waals surface area contributed by atoms with E-state index in [9.17, 15) is 19.2 Å². The molecule has 0 fully saturated rings. The van der Waals surface area contributed by atoms with E-state index in [1.54, 1.807) is 0 Å². The van der Waals surface area contributed by atoms with Gasteiger partial charge in [-0.25, -0.2) is 4.79 Å². The lowest BCUT2D eigenvalue weighted by molar-refractivity contribution is -0.143. The summed E-state index contributed by atoms with van der Waals surface area (Å²) < 4.78 is 0. The Morgan fingerprint density at radius 1 is 1.09 bits per heavy atom. The third kappa shape index (κ3) is 8.73. The first kappa shape index (κ1) is 20.8. The molecule has 0 heterocycles. The SMILES string of the molecule is C[C@H](NC(=O)[C@@H](N)CCCCN)C(=O)N[C@@H](CC(N)=O)C(=O)O. The van der Waals surface area contributed by atoms with Crippen LogP contribution in [0.25, 0.3) is 0 Å². The Labute approximate surface area is 134 Å². The number of carboxylic acid groups (broad SMARTS) is 1. The topological polar surface area (TPSA) is 191 Å². The van der Waals surface area contributed by atoms with Gasteiger partial charge in [-0.15, -0.1) is 0 Å². The molecule has 132 valence electrons. The van der Waals surface area contributed by atoms with Crippen molar-refractivity contribution in [1.29, 1.82) is 0 Å². The molecule has 10 heteroatoms. The first-order valence-corrected chi connectivity index (χ1v) is 7.26. The van der Waals surface area contributed by atoms with E-state index in [1.807, 2.05) is 0 Å². The van der Waals surface area contributed by atoms with Gasteiger partial charge >= 0.3 is 5.97 Å². The number of hydrogen-bond donors (Lipinski definition) is 6. The van der Waals surface area contributed by atoms with E-state index in [0.29, 0.717) is 19.4 Å². The van der Waals surface area contributed by atoms with Crippen LogP contribution in [0.4, 0.5) is 0 Å². The van der Waals surface area contributed by atoms with E-state index in [-0.39, 0.29) is 0 Å².